The minimum Gasteiger partial charge on any atom is -0.375 e. The van der Waals surface area contributed by atoms with Gasteiger partial charge in [0.05, 0.1) is 23.0 Å². The molecule has 0 radical (unpaired) electrons. The SMILES string of the molecule is CC(N)(c1ccc(F)cn1)C1CCOC2(CCC2)C1. The predicted molar refractivity (Wildman–Crippen MR) is 71.0 cm³/mol. The summed E-state index contributed by atoms with van der Waals surface area (Å²) in [6.45, 7) is 2.79. The molecule has 3 rings (SSSR count). The summed E-state index contributed by atoms with van der Waals surface area (Å²) in [5.41, 5.74) is 6.85. The van der Waals surface area contributed by atoms with E-state index < -0.39 is 5.54 Å². The molecule has 1 aliphatic carbocycles. The zero-order valence-electron chi connectivity index (χ0n) is 11.4. The van der Waals surface area contributed by atoms with E-state index in [0.717, 1.165) is 38.0 Å². The van der Waals surface area contributed by atoms with E-state index in [1.807, 2.05) is 6.92 Å². The topological polar surface area (TPSA) is 48.1 Å². The third-order valence-corrected chi connectivity index (χ3v) is 4.89. The lowest BCUT2D eigenvalue weighted by Gasteiger charge is -2.50. The molecule has 0 amide bonds. The van der Waals surface area contributed by atoms with Crippen molar-refractivity contribution in [3.05, 3.63) is 29.8 Å². The highest BCUT2D eigenvalue weighted by Gasteiger charge is 2.47. The maximum absolute atomic E-state index is 13.0. The maximum atomic E-state index is 13.0. The molecule has 2 heterocycles. The summed E-state index contributed by atoms with van der Waals surface area (Å²) >= 11 is 0. The van der Waals surface area contributed by atoms with Gasteiger partial charge in [-0.1, -0.05) is 0 Å². The smallest absolute Gasteiger partial charge is 0.141 e. The van der Waals surface area contributed by atoms with Crippen LogP contribution in [0.2, 0.25) is 0 Å². The summed E-state index contributed by atoms with van der Waals surface area (Å²) in [5, 5.41) is 0. The molecule has 19 heavy (non-hydrogen) atoms. The van der Waals surface area contributed by atoms with Gasteiger partial charge in [-0.2, -0.15) is 0 Å². The zero-order chi connectivity index (χ0) is 13.5. The highest BCUT2D eigenvalue weighted by Crippen LogP contribution is 2.47. The highest BCUT2D eigenvalue weighted by molar-refractivity contribution is 5.17. The standard InChI is InChI=1S/C15H21FN2O/c1-14(17,13-4-3-12(16)10-18-13)11-5-8-19-15(9-11)6-2-7-15/h3-4,10-11H,2,5-9,17H2,1H3. The van der Waals surface area contributed by atoms with Gasteiger partial charge in [0, 0.05) is 6.61 Å². The van der Waals surface area contributed by atoms with Crippen molar-refractivity contribution in [2.45, 2.75) is 50.2 Å². The number of nitrogens with zero attached hydrogens (tertiary/aromatic N) is 1. The van der Waals surface area contributed by atoms with E-state index in [9.17, 15) is 4.39 Å². The summed E-state index contributed by atoms with van der Waals surface area (Å²) in [5.74, 6) is 0.0292. The van der Waals surface area contributed by atoms with Crippen LogP contribution in [0, 0.1) is 11.7 Å². The predicted octanol–water partition coefficient (Wildman–Crippen LogP) is 2.74. The second-order valence-corrected chi connectivity index (χ2v) is 6.22. The van der Waals surface area contributed by atoms with Crippen molar-refractivity contribution < 1.29 is 9.13 Å². The van der Waals surface area contributed by atoms with Crippen LogP contribution in [0.1, 0.15) is 44.7 Å². The van der Waals surface area contributed by atoms with Gasteiger partial charge >= 0.3 is 0 Å². The van der Waals surface area contributed by atoms with E-state index in [0.29, 0.717) is 5.92 Å². The van der Waals surface area contributed by atoms with Crippen molar-refractivity contribution in [2.24, 2.45) is 11.7 Å². The first-order valence-electron chi connectivity index (χ1n) is 7.07. The Morgan fingerprint density at radius 1 is 1.47 bits per heavy atom. The van der Waals surface area contributed by atoms with Crippen LogP contribution in [-0.2, 0) is 10.3 Å². The molecule has 0 bridgehead atoms. The maximum Gasteiger partial charge on any atom is 0.141 e. The van der Waals surface area contributed by atoms with Crippen molar-refractivity contribution in [1.82, 2.24) is 4.98 Å². The molecule has 2 N–H and O–H groups in total. The monoisotopic (exact) mass is 264 g/mol. The van der Waals surface area contributed by atoms with Crippen molar-refractivity contribution >= 4 is 0 Å². The molecule has 2 aliphatic rings. The summed E-state index contributed by atoms with van der Waals surface area (Å²) in [6, 6.07) is 3.14. The van der Waals surface area contributed by atoms with E-state index in [2.05, 4.69) is 4.98 Å². The summed E-state index contributed by atoms with van der Waals surface area (Å²) < 4.78 is 18.9. The third-order valence-electron chi connectivity index (χ3n) is 4.89. The van der Waals surface area contributed by atoms with Crippen LogP contribution in [0.15, 0.2) is 18.3 Å². The molecule has 2 atom stereocenters. The Hall–Kier alpha value is -1.00. The molecule has 4 heteroatoms. The van der Waals surface area contributed by atoms with Crippen molar-refractivity contribution in [3.8, 4) is 0 Å². The Balaban J connectivity index is 1.81. The van der Waals surface area contributed by atoms with E-state index in [4.69, 9.17) is 10.5 Å². The average molecular weight is 264 g/mol. The lowest BCUT2D eigenvalue weighted by Crippen LogP contribution is -2.52. The molecule has 1 saturated heterocycles. The molecule has 1 saturated carbocycles. The zero-order valence-corrected chi connectivity index (χ0v) is 11.4. The van der Waals surface area contributed by atoms with Crippen LogP contribution >= 0.6 is 0 Å². The second kappa shape index (κ2) is 4.53. The van der Waals surface area contributed by atoms with Gasteiger partial charge in [-0.3, -0.25) is 4.98 Å². The fourth-order valence-electron chi connectivity index (χ4n) is 3.36. The van der Waals surface area contributed by atoms with Gasteiger partial charge in [-0.15, -0.1) is 0 Å². The first kappa shape index (κ1) is 13.0. The largest absolute Gasteiger partial charge is 0.375 e. The third kappa shape index (κ3) is 2.28. The molecule has 0 aromatic carbocycles. The van der Waals surface area contributed by atoms with Crippen LogP contribution in [0.3, 0.4) is 0 Å². The van der Waals surface area contributed by atoms with E-state index in [-0.39, 0.29) is 11.4 Å². The quantitative estimate of drug-likeness (QED) is 0.893. The molecule has 3 nitrogen and oxygen atoms in total. The fraction of sp³-hybridized carbons (Fsp3) is 0.667. The lowest BCUT2D eigenvalue weighted by molar-refractivity contribution is -0.152. The molecule has 1 spiro atoms. The number of rotatable bonds is 2. The molecular weight excluding hydrogens is 243 g/mol. The number of hydrogen-bond acceptors (Lipinski definition) is 3. The van der Waals surface area contributed by atoms with Crippen molar-refractivity contribution in [2.75, 3.05) is 6.61 Å². The minimum absolute atomic E-state index is 0.0730. The average Bonchev–Trinajstić information content (AvgIpc) is 2.37. The Morgan fingerprint density at radius 3 is 2.84 bits per heavy atom. The van der Waals surface area contributed by atoms with Crippen molar-refractivity contribution in [1.29, 1.82) is 0 Å². The lowest BCUT2D eigenvalue weighted by atomic mass is 9.66. The summed E-state index contributed by atoms with van der Waals surface area (Å²) in [6.07, 6.45) is 6.75. The van der Waals surface area contributed by atoms with Gasteiger partial charge in [0.15, 0.2) is 0 Å². The number of ether oxygens (including phenoxy) is 1. The van der Waals surface area contributed by atoms with E-state index in [1.165, 1.54) is 18.7 Å². The number of nitrogens with two attached hydrogens (primary N) is 1. The number of halogens is 1. The minimum atomic E-state index is -0.514. The molecule has 1 aromatic heterocycles. The first-order chi connectivity index (χ1) is 9.02. The van der Waals surface area contributed by atoms with Crippen LogP contribution in [0.5, 0.6) is 0 Å². The fourth-order valence-corrected chi connectivity index (χ4v) is 3.36. The second-order valence-electron chi connectivity index (χ2n) is 6.22. The van der Waals surface area contributed by atoms with Crippen LogP contribution in [-0.4, -0.2) is 17.2 Å². The molecule has 2 fully saturated rings. The van der Waals surface area contributed by atoms with Gasteiger partial charge in [-0.25, -0.2) is 4.39 Å². The molecule has 2 unspecified atom stereocenters. The van der Waals surface area contributed by atoms with Gasteiger partial charge in [-0.05, 0) is 57.1 Å². The Labute approximate surface area is 113 Å². The van der Waals surface area contributed by atoms with E-state index >= 15 is 0 Å². The number of pyridine rings is 1. The molecule has 104 valence electrons. The van der Waals surface area contributed by atoms with Gasteiger partial charge in [0.1, 0.15) is 5.82 Å². The Kier molecular flexibility index (Phi) is 3.10. The molecular formula is C15H21FN2O. The summed E-state index contributed by atoms with van der Waals surface area (Å²) in [4.78, 5) is 4.18. The van der Waals surface area contributed by atoms with Crippen LogP contribution in [0.4, 0.5) is 4.39 Å². The van der Waals surface area contributed by atoms with Gasteiger partial charge < -0.3 is 10.5 Å². The summed E-state index contributed by atoms with van der Waals surface area (Å²) in [7, 11) is 0. The Morgan fingerprint density at radius 2 is 2.26 bits per heavy atom. The van der Waals surface area contributed by atoms with Crippen LogP contribution in [0.25, 0.3) is 0 Å². The van der Waals surface area contributed by atoms with Gasteiger partial charge in [0.2, 0.25) is 0 Å². The molecule has 1 aromatic rings. The Bertz CT molecular complexity index is 454. The van der Waals surface area contributed by atoms with Crippen molar-refractivity contribution in [3.63, 3.8) is 0 Å². The van der Waals surface area contributed by atoms with Gasteiger partial charge in [0.25, 0.3) is 0 Å². The normalized spacial score (nSPS) is 28.7. The highest BCUT2D eigenvalue weighted by atomic mass is 19.1. The first-order valence-corrected chi connectivity index (χ1v) is 7.07. The number of aromatic nitrogens is 1. The van der Waals surface area contributed by atoms with Crippen LogP contribution < -0.4 is 5.73 Å². The number of hydrogen-bond donors (Lipinski definition) is 1. The van der Waals surface area contributed by atoms with E-state index in [1.54, 1.807) is 6.07 Å². The molecule has 1 aliphatic heterocycles.